The number of nitrogens with one attached hydrogen (secondary N) is 3. The van der Waals surface area contributed by atoms with E-state index in [0.29, 0.717) is 5.69 Å². The highest BCUT2D eigenvalue weighted by Gasteiger charge is 2.44. The van der Waals surface area contributed by atoms with E-state index in [0.717, 1.165) is 11.0 Å². The largest absolute Gasteiger partial charge is 0.530 e. The van der Waals surface area contributed by atoms with Crippen molar-refractivity contribution in [3.8, 4) is 5.75 Å². The average molecular weight is 630 g/mol. The van der Waals surface area contributed by atoms with Gasteiger partial charge in [-0.3, -0.25) is 19.6 Å². The number of pyridine rings is 2. The molecule has 240 valence electrons. The van der Waals surface area contributed by atoms with E-state index in [1.807, 2.05) is 0 Å². The average Bonchev–Trinajstić information content (AvgIpc) is 3.45. The molecular formula is C30H32F3N6O6-. The van der Waals surface area contributed by atoms with Gasteiger partial charge in [-0.25, -0.2) is 0 Å². The lowest BCUT2D eigenvalue weighted by molar-refractivity contribution is -0.247. The van der Waals surface area contributed by atoms with E-state index in [9.17, 15) is 32.7 Å². The first-order chi connectivity index (χ1) is 21.1. The quantitative estimate of drug-likeness (QED) is 0.323. The van der Waals surface area contributed by atoms with E-state index in [1.165, 1.54) is 56.0 Å². The van der Waals surface area contributed by atoms with Crippen LogP contribution in [0.15, 0.2) is 55.0 Å². The number of benzene rings is 1. The fourth-order valence-corrected chi connectivity index (χ4v) is 4.72. The summed E-state index contributed by atoms with van der Waals surface area (Å²) in [5.74, 6) is -1.14. The molecule has 1 fully saturated rings. The number of ether oxygens (including phenoxy) is 2. The molecule has 3 N–H and O–H groups in total. The minimum absolute atomic E-state index is 0.0253. The molecule has 1 aromatic carbocycles. The van der Waals surface area contributed by atoms with Crippen molar-refractivity contribution in [1.82, 2.24) is 20.6 Å². The first-order valence-corrected chi connectivity index (χ1v) is 13.7. The molecule has 1 aliphatic rings. The van der Waals surface area contributed by atoms with Crippen LogP contribution in [0.25, 0.3) is 0 Å². The van der Waals surface area contributed by atoms with Gasteiger partial charge in [-0.1, -0.05) is 0 Å². The van der Waals surface area contributed by atoms with Crippen LogP contribution in [0.5, 0.6) is 5.75 Å². The van der Waals surface area contributed by atoms with E-state index in [4.69, 9.17) is 9.47 Å². The number of hydrogen-bond acceptors (Lipinski definition) is 9. The van der Waals surface area contributed by atoms with E-state index in [-0.39, 0.29) is 54.6 Å². The maximum Gasteiger partial charge on any atom is 0.418 e. The number of methoxy groups -OCH3 is 1. The van der Waals surface area contributed by atoms with Crippen molar-refractivity contribution in [2.24, 2.45) is 0 Å². The molecule has 12 nitrogen and oxygen atoms in total. The van der Waals surface area contributed by atoms with Crippen LogP contribution in [0.1, 0.15) is 48.8 Å². The maximum absolute atomic E-state index is 13.5. The molecule has 4 rings (SSSR count). The fourth-order valence-electron chi connectivity index (χ4n) is 4.72. The predicted molar refractivity (Wildman–Crippen MR) is 155 cm³/mol. The van der Waals surface area contributed by atoms with Crippen molar-refractivity contribution in [2.45, 2.75) is 51.0 Å². The zero-order valence-electron chi connectivity index (χ0n) is 24.9. The minimum Gasteiger partial charge on any atom is -0.530 e. The van der Waals surface area contributed by atoms with Crippen LogP contribution >= 0.6 is 0 Å². The van der Waals surface area contributed by atoms with Crippen LogP contribution in [-0.4, -0.2) is 59.3 Å². The molecule has 3 amide bonds. The molecule has 0 bridgehead atoms. The van der Waals surface area contributed by atoms with Gasteiger partial charge < -0.3 is 40.2 Å². The summed E-state index contributed by atoms with van der Waals surface area (Å²) < 4.78 is 51.0. The van der Waals surface area contributed by atoms with Gasteiger partial charge in [-0.15, -0.1) is 0 Å². The van der Waals surface area contributed by atoms with E-state index in [2.05, 4.69) is 25.9 Å². The van der Waals surface area contributed by atoms with Gasteiger partial charge in [0.15, 0.2) is 0 Å². The van der Waals surface area contributed by atoms with E-state index < -0.39 is 40.7 Å². The predicted octanol–water partition coefficient (Wildman–Crippen LogP) is 3.40. The number of hydrogen-bond donors (Lipinski definition) is 3. The SMILES string of the molecule is COc1ccc(Nc2ccc(CNC(=O)[C@]3(NC(=O)c4cncc(N(C(=O)[O-])C(C)(C)C)c4)CCOC3)nc2)c(C(F)(F)F)c1. The van der Waals surface area contributed by atoms with Crippen molar-refractivity contribution in [1.29, 1.82) is 0 Å². The molecule has 15 heteroatoms. The Hall–Kier alpha value is -4.92. The molecule has 0 saturated carbocycles. The van der Waals surface area contributed by atoms with Gasteiger partial charge in [0, 0.05) is 24.8 Å². The standard InChI is InChI=1S/C30H33F3N6O6/c1-28(2,3)39(27(42)43)21-11-18(13-34-16-21)25(40)38-29(9-10-45-17-29)26(41)36-14-19-5-6-20(15-35-19)37-24-8-7-22(44-4)12-23(24)30(31,32)33/h5-8,11-13,15-16,37H,9-10,14,17H2,1-4H3,(H,36,41)(H,38,40)(H,42,43)/p-1/t29-/m0/s1. The Balaban J connectivity index is 1.43. The highest BCUT2D eigenvalue weighted by Crippen LogP contribution is 2.38. The lowest BCUT2D eigenvalue weighted by Gasteiger charge is -2.37. The third-order valence-electron chi connectivity index (χ3n) is 6.97. The Morgan fingerprint density at radius 3 is 2.42 bits per heavy atom. The smallest absolute Gasteiger partial charge is 0.418 e. The number of anilines is 3. The molecule has 3 aromatic rings. The summed E-state index contributed by atoms with van der Waals surface area (Å²) >= 11 is 0. The molecule has 0 aliphatic carbocycles. The molecule has 1 saturated heterocycles. The van der Waals surface area contributed by atoms with Crippen LogP contribution in [0.4, 0.5) is 35.0 Å². The van der Waals surface area contributed by atoms with Gasteiger partial charge in [0.05, 0.1) is 66.5 Å². The van der Waals surface area contributed by atoms with Gasteiger partial charge >= 0.3 is 6.18 Å². The summed E-state index contributed by atoms with van der Waals surface area (Å²) in [4.78, 5) is 47.5. The Kier molecular flexibility index (Phi) is 9.51. The van der Waals surface area contributed by atoms with Gasteiger partial charge in [0.25, 0.3) is 5.91 Å². The second-order valence-corrected chi connectivity index (χ2v) is 11.3. The lowest BCUT2D eigenvalue weighted by Crippen LogP contribution is -2.59. The Morgan fingerprint density at radius 1 is 1.09 bits per heavy atom. The third kappa shape index (κ3) is 7.78. The zero-order valence-corrected chi connectivity index (χ0v) is 24.9. The van der Waals surface area contributed by atoms with Crippen LogP contribution in [0.2, 0.25) is 0 Å². The first kappa shape index (κ1) is 33.0. The number of carboxylic acid groups (broad SMARTS) is 1. The molecule has 45 heavy (non-hydrogen) atoms. The number of carbonyl (C=O) groups excluding carboxylic acids is 3. The number of rotatable bonds is 9. The van der Waals surface area contributed by atoms with Gasteiger partial charge in [-0.05, 0) is 57.2 Å². The van der Waals surface area contributed by atoms with Crippen LogP contribution in [-0.2, 0) is 22.3 Å². The lowest BCUT2D eigenvalue weighted by atomic mass is 9.96. The zero-order chi connectivity index (χ0) is 33.0. The minimum atomic E-state index is -4.62. The highest BCUT2D eigenvalue weighted by molar-refractivity contribution is 6.00. The van der Waals surface area contributed by atoms with Crippen molar-refractivity contribution in [2.75, 3.05) is 30.5 Å². The van der Waals surface area contributed by atoms with Gasteiger partial charge in [0.2, 0.25) is 5.91 Å². The van der Waals surface area contributed by atoms with Gasteiger partial charge in [0.1, 0.15) is 17.4 Å². The van der Waals surface area contributed by atoms with Crippen LogP contribution in [0.3, 0.4) is 0 Å². The van der Waals surface area contributed by atoms with Crippen LogP contribution < -0.4 is 30.7 Å². The van der Waals surface area contributed by atoms with E-state index in [1.54, 1.807) is 20.8 Å². The summed E-state index contributed by atoms with van der Waals surface area (Å²) in [5.41, 5.74) is -2.54. The monoisotopic (exact) mass is 629 g/mol. The van der Waals surface area contributed by atoms with Crippen molar-refractivity contribution >= 4 is 35.0 Å². The number of carbonyl (C=O) groups is 3. The summed E-state index contributed by atoms with van der Waals surface area (Å²) in [6.45, 7) is 5.04. The molecular weight excluding hydrogens is 597 g/mol. The van der Waals surface area contributed by atoms with Crippen LogP contribution in [0, 0.1) is 0 Å². The third-order valence-corrected chi connectivity index (χ3v) is 6.97. The van der Waals surface area contributed by atoms with Crippen molar-refractivity contribution < 1.29 is 42.1 Å². The Morgan fingerprint density at radius 2 is 1.84 bits per heavy atom. The fraction of sp³-hybridized carbons (Fsp3) is 0.367. The van der Waals surface area contributed by atoms with E-state index >= 15 is 0 Å². The number of aromatic nitrogens is 2. The summed E-state index contributed by atoms with van der Waals surface area (Å²) in [5, 5.41) is 19.9. The molecule has 2 aromatic heterocycles. The molecule has 0 radical (unpaired) electrons. The normalized spacial score (nSPS) is 16.5. The molecule has 3 heterocycles. The first-order valence-electron chi connectivity index (χ1n) is 13.7. The number of amides is 3. The summed E-state index contributed by atoms with van der Waals surface area (Å²) in [6, 6.07) is 7.94. The maximum atomic E-state index is 13.5. The number of alkyl halides is 3. The van der Waals surface area contributed by atoms with Gasteiger partial charge in [-0.2, -0.15) is 13.2 Å². The number of nitrogens with zero attached hydrogens (tertiary/aromatic N) is 3. The topological polar surface area (TPSA) is 158 Å². The molecule has 1 aliphatic heterocycles. The number of halogens is 3. The summed E-state index contributed by atoms with van der Waals surface area (Å²) in [7, 11) is 1.28. The molecule has 1 atom stereocenters. The highest BCUT2D eigenvalue weighted by atomic mass is 19.4. The second-order valence-electron chi connectivity index (χ2n) is 11.3. The Labute approximate surface area is 257 Å². The van der Waals surface area contributed by atoms with Crippen molar-refractivity contribution in [3.63, 3.8) is 0 Å². The van der Waals surface area contributed by atoms with Crippen molar-refractivity contribution in [3.05, 3.63) is 71.8 Å². The Bertz CT molecular complexity index is 1550. The molecule has 0 spiro atoms. The molecule has 0 unspecified atom stereocenters. The summed E-state index contributed by atoms with van der Waals surface area (Å²) in [6.07, 6.45) is -2.05. The second kappa shape index (κ2) is 13.0.